The molecule has 0 saturated heterocycles. The highest BCUT2D eigenvalue weighted by atomic mass is 16.5. The molecular formula is C21H27NO3. The molecule has 0 spiro atoms. The maximum absolute atomic E-state index is 9.40. The van der Waals surface area contributed by atoms with Crippen molar-refractivity contribution in [2.75, 3.05) is 19.8 Å². The molecule has 3 N–H and O–H groups in total. The number of rotatable bonds is 7. The summed E-state index contributed by atoms with van der Waals surface area (Å²) in [6.07, 6.45) is 2.75. The van der Waals surface area contributed by atoms with Gasteiger partial charge in [-0.05, 0) is 67.5 Å². The second-order valence-electron chi connectivity index (χ2n) is 7.04. The van der Waals surface area contributed by atoms with Crippen molar-refractivity contribution in [1.82, 2.24) is 0 Å². The summed E-state index contributed by atoms with van der Waals surface area (Å²) in [5.41, 5.74) is 8.21. The molecule has 0 amide bonds. The first kappa shape index (κ1) is 17.8. The Morgan fingerprint density at radius 2 is 1.80 bits per heavy atom. The molecule has 0 aromatic heterocycles. The number of ether oxygens (including phenoxy) is 2. The molecule has 25 heavy (non-hydrogen) atoms. The molecule has 2 atom stereocenters. The first-order valence-electron chi connectivity index (χ1n) is 8.90. The Balaban J connectivity index is 1.45. The molecule has 2 aromatic carbocycles. The molecule has 4 nitrogen and oxygen atoms in total. The highest BCUT2D eigenvalue weighted by Gasteiger charge is 2.35. The van der Waals surface area contributed by atoms with Crippen LogP contribution in [0, 0.1) is 6.92 Å². The van der Waals surface area contributed by atoms with Crippen LogP contribution in [0.25, 0.3) is 0 Å². The van der Waals surface area contributed by atoms with E-state index in [2.05, 4.69) is 12.1 Å². The highest BCUT2D eigenvalue weighted by Crippen LogP contribution is 2.39. The monoisotopic (exact) mass is 341 g/mol. The highest BCUT2D eigenvalue weighted by molar-refractivity contribution is 5.31. The van der Waals surface area contributed by atoms with Gasteiger partial charge in [0.05, 0.1) is 6.61 Å². The van der Waals surface area contributed by atoms with Crippen LogP contribution in [0.15, 0.2) is 48.5 Å². The van der Waals surface area contributed by atoms with Crippen molar-refractivity contribution in [3.63, 3.8) is 0 Å². The molecule has 0 aliphatic heterocycles. The molecule has 134 valence electrons. The number of hydrogen-bond acceptors (Lipinski definition) is 4. The average molecular weight is 341 g/mol. The third-order valence-corrected chi connectivity index (χ3v) is 4.92. The first-order valence-corrected chi connectivity index (χ1v) is 8.90. The Bertz CT molecular complexity index is 686. The summed E-state index contributed by atoms with van der Waals surface area (Å²) < 4.78 is 11.4. The maximum Gasteiger partial charge on any atom is 0.122 e. The van der Waals surface area contributed by atoms with Crippen molar-refractivity contribution in [3.8, 4) is 11.5 Å². The Kier molecular flexibility index (Phi) is 5.61. The predicted molar refractivity (Wildman–Crippen MR) is 99.2 cm³/mol. The van der Waals surface area contributed by atoms with E-state index in [1.165, 1.54) is 11.1 Å². The van der Waals surface area contributed by atoms with Crippen LogP contribution in [0.3, 0.4) is 0 Å². The summed E-state index contributed by atoms with van der Waals surface area (Å²) in [5.74, 6) is 2.14. The largest absolute Gasteiger partial charge is 0.490 e. The third-order valence-electron chi connectivity index (χ3n) is 4.92. The minimum atomic E-state index is -0.410. The predicted octanol–water partition coefficient (Wildman–Crippen LogP) is 3.41. The molecule has 2 aromatic rings. The van der Waals surface area contributed by atoms with E-state index in [0.717, 1.165) is 30.8 Å². The summed E-state index contributed by atoms with van der Waals surface area (Å²) in [5, 5.41) is 9.40. The van der Waals surface area contributed by atoms with Crippen LogP contribution in [0.5, 0.6) is 11.5 Å². The second-order valence-corrected chi connectivity index (χ2v) is 7.04. The van der Waals surface area contributed by atoms with Crippen molar-refractivity contribution in [2.24, 2.45) is 5.73 Å². The number of nitrogens with two attached hydrogens (primary N) is 1. The molecule has 1 aliphatic rings. The van der Waals surface area contributed by atoms with Gasteiger partial charge < -0.3 is 20.3 Å². The topological polar surface area (TPSA) is 64.7 Å². The van der Waals surface area contributed by atoms with Gasteiger partial charge in [-0.1, -0.05) is 24.3 Å². The van der Waals surface area contributed by atoms with E-state index >= 15 is 0 Å². The van der Waals surface area contributed by atoms with Gasteiger partial charge in [0.1, 0.15) is 24.7 Å². The minimum Gasteiger partial charge on any atom is -0.490 e. The zero-order valence-corrected chi connectivity index (χ0v) is 14.8. The fourth-order valence-corrected chi connectivity index (χ4v) is 3.45. The molecule has 0 unspecified atom stereocenters. The SMILES string of the molecule is Cc1cccc(OCCOc2ccc([C@@H]3CC[C@@](N)(CO)C3)cc2)c1. The molecular weight excluding hydrogens is 314 g/mol. The molecule has 1 fully saturated rings. The number of benzene rings is 2. The fourth-order valence-electron chi connectivity index (χ4n) is 3.45. The van der Waals surface area contributed by atoms with Crippen molar-refractivity contribution in [1.29, 1.82) is 0 Å². The Labute approximate surface area is 149 Å². The van der Waals surface area contributed by atoms with Crippen molar-refractivity contribution in [3.05, 3.63) is 59.7 Å². The normalized spacial score (nSPS) is 22.8. The van der Waals surface area contributed by atoms with Gasteiger partial charge in [-0.15, -0.1) is 0 Å². The van der Waals surface area contributed by atoms with E-state index in [1.54, 1.807) is 0 Å². The lowest BCUT2D eigenvalue weighted by Crippen LogP contribution is -2.40. The lowest BCUT2D eigenvalue weighted by molar-refractivity contribution is 0.198. The number of aliphatic hydroxyl groups excluding tert-OH is 1. The van der Waals surface area contributed by atoms with Crippen LogP contribution >= 0.6 is 0 Å². The first-order chi connectivity index (χ1) is 12.1. The van der Waals surface area contributed by atoms with Gasteiger partial charge in [0.2, 0.25) is 0 Å². The Hall–Kier alpha value is -2.04. The maximum atomic E-state index is 9.40. The number of hydrogen-bond donors (Lipinski definition) is 2. The molecule has 1 aliphatic carbocycles. The van der Waals surface area contributed by atoms with Crippen molar-refractivity contribution < 1.29 is 14.6 Å². The molecule has 1 saturated carbocycles. The molecule has 3 rings (SSSR count). The fraction of sp³-hybridized carbons (Fsp3) is 0.429. The van der Waals surface area contributed by atoms with Crippen LogP contribution in [0.4, 0.5) is 0 Å². The van der Waals surface area contributed by atoms with Crippen LogP contribution in [0.1, 0.15) is 36.3 Å². The van der Waals surface area contributed by atoms with Gasteiger partial charge in [-0.25, -0.2) is 0 Å². The van der Waals surface area contributed by atoms with Gasteiger partial charge >= 0.3 is 0 Å². The van der Waals surface area contributed by atoms with Crippen molar-refractivity contribution in [2.45, 2.75) is 37.6 Å². The standard InChI is InChI=1S/C21H27NO3/c1-16-3-2-4-20(13-16)25-12-11-24-19-7-5-17(6-8-19)18-9-10-21(22,14-18)15-23/h2-8,13,18,23H,9-12,14-15,22H2,1H3/t18-,21+/m1/s1. The lowest BCUT2D eigenvalue weighted by Gasteiger charge is -2.21. The van der Waals surface area contributed by atoms with E-state index in [4.69, 9.17) is 15.2 Å². The zero-order chi connectivity index (χ0) is 17.7. The van der Waals surface area contributed by atoms with E-state index in [-0.39, 0.29) is 6.61 Å². The Morgan fingerprint density at radius 1 is 1.08 bits per heavy atom. The number of aliphatic hydroxyl groups is 1. The van der Waals surface area contributed by atoms with E-state index < -0.39 is 5.54 Å². The van der Waals surface area contributed by atoms with Crippen LogP contribution in [-0.2, 0) is 0 Å². The average Bonchev–Trinajstić information content (AvgIpc) is 3.02. The lowest BCUT2D eigenvalue weighted by atomic mass is 9.94. The summed E-state index contributed by atoms with van der Waals surface area (Å²) in [6.45, 7) is 3.13. The van der Waals surface area contributed by atoms with E-state index in [0.29, 0.717) is 19.1 Å². The molecule has 4 heteroatoms. The smallest absolute Gasteiger partial charge is 0.122 e. The van der Waals surface area contributed by atoms with Gasteiger partial charge in [-0.2, -0.15) is 0 Å². The van der Waals surface area contributed by atoms with Gasteiger partial charge in [0.15, 0.2) is 0 Å². The summed E-state index contributed by atoms with van der Waals surface area (Å²) in [6, 6.07) is 16.2. The quantitative estimate of drug-likeness (QED) is 0.758. The van der Waals surface area contributed by atoms with Crippen LogP contribution in [-0.4, -0.2) is 30.5 Å². The van der Waals surface area contributed by atoms with Gasteiger partial charge in [0, 0.05) is 5.54 Å². The minimum absolute atomic E-state index is 0.0611. The Morgan fingerprint density at radius 3 is 2.44 bits per heavy atom. The van der Waals surface area contributed by atoms with Gasteiger partial charge in [-0.3, -0.25) is 0 Å². The third kappa shape index (κ3) is 4.74. The van der Waals surface area contributed by atoms with Crippen LogP contribution < -0.4 is 15.2 Å². The second kappa shape index (κ2) is 7.89. The molecule has 0 heterocycles. The molecule has 0 radical (unpaired) electrons. The molecule has 0 bridgehead atoms. The van der Waals surface area contributed by atoms with Gasteiger partial charge in [0.25, 0.3) is 0 Å². The summed E-state index contributed by atoms with van der Waals surface area (Å²) in [4.78, 5) is 0. The van der Waals surface area contributed by atoms with E-state index in [1.807, 2.05) is 43.3 Å². The number of aryl methyl sites for hydroxylation is 1. The van der Waals surface area contributed by atoms with Crippen molar-refractivity contribution >= 4 is 0 Å². The summed E-state index contributed by atoms with van der Waals surface area (Å²) >= 11 is 0. The summed E-state index contributed by atoms with van der Waals surface area (Å²) in [7, 11) is 0. The van der Waals surface area contributed by atoms with Crippen LogP contribution in [0.2, 0.25) is 0 Å². The zero-order valence-electron chi connectivity index (χ0n) is 14.8. The van der Waals surface area contributed by atoms with E-state index in [9.17, 15) is 5.11 Å².